The van der Waals surface area contributed by atoms with Crippen LogP contribution in [0.25, 0.3) is 10.8 Å². The maximum atomic E-state index is 12.5. The SMILES string of the molecule is O=C(Nc1ccc(N2CCCCC2)cc1)c1ccc2ccccc2c1. The maximum Gasteiger partial charge on any atom is 0.255 e. The number of piperidine rings is 1. The molecule has 1 heterocycles. The van der Waals surface area contributed by atoms with E-state index in [-0.39, 0.29) is 5.91 Å². The number of amides is 1. The van der Waals surface area contributed by atoms with Gasteiger partial charge < -0.3 is 10.2 Å². The molecule has 3 aromatic carbocycles. The zero-order valence-corrected chi connectivity index (χ0v) is 14.2. The lowest BCUT2D eigenvalue weighted by atomic mass is 10.1. The van der Waals surface area contributed by atoms with Crippen LogP contribution in [0, 0.1) is 0 Å². The first-order chi connectivity index (χ1) is 12.3. The highest BCUT2D eigenvalue weighted by molar-refractivity contribution is 6.06. The number of nitrogens with zero attached hydrogens (tertiary/aromatic N) is 1. The van der Waals surface area contributed by atoms with Gasteiger partial charge in [0.15, 0.2) is 0 Å². The van der Waals surface area contributed by atoms with Gasteiger partial charge in [-0.25, -0.2) is 0 Å². The van der Waals surface area contributed by atoms with Crippen LogP contribution >= 0.6 is 0 Å². The molecule has 0 bridgehead atoms. The molecule has 4 rings (SSSR count). The van der Waals surface area contributed by atoms with Gasteiger partial charge in [-0.15, -0.1) is 0 Å². The molecule has 25 heavy (non-hydrogen) atoms. The number of fused-ring (bicyclic) bond motifs is 1. The topological polar surface area (TPSA) is 32.3 Å². The second-order valence-electron chi connectivity index (χ2n) is 6.61. The maximum absolute atomic E-state index is 12.5. The smallest absolute Gasteiger partial charge is 0.255 e. The summed E-state index contributed by atoms with van der Waals surface area (Å²) in [4.78, 5) is 14.9. The molecule has 1 aliphatic heterocycles. The molecule has 126 valence electrons. The van der Waals surface area contributed by atoms with Crippen LogP contribution in [-0.4, -0.2) is 19.0 Å². The van der Waals surface area contributed by atoms with Gasteiger partial charge in [-0.3, -0.25) is 4.79 Å². The normalized spacial score (nSPS) is 14.5. The van der Waals surface area contributed by atoms with Gasteiger partial charge in [-0.1, -0.05) is 30.3 Å². The van der Waals surface area contributed by atoms with E-state index in [9.17, 15) is 4.79 Å². The van der Waals surface area contributed by atoms with Crippen LogP contribution in [-0.2, 0) is 0 Å². The Bertz CT molecular complexity index is 880. The Kier molecular flexibility index (Phi) is 4.38. The van der Waals surface area contributed by atoms with Crippen LogP contribution in [0.4, 0.5) is 11.4 Å². The third-order valence-corrected chi connectivity index (χ3v) is 4.86. The van der Waals surface area contributed by atoms with E-state index in [1.807, 2.05) is 48.5 Å². The van der Waals surface area contributed by atoms with Gasteiger partial charge in [0.2, 0.25) is 0 Å². The van der Waals surface area contributed by atoms with Crippen molar-refractivity contribution in [3.8, 4) is 0 Å². The minimum atomic E-state index is -0.0727. The van der Waals surface area contributed by atoms with E-state index in [0.29, 0.717) is 5.56 Å². The summed E-state index contributed by atoms with van der Waals surface area (Å²) in [5.74, 6) is -0.0727. The summed E-state index contributed by atoms with van der Waals surface area (Å²) >= 11 is 0. The van der Waals surface area contributed by atoms with Gasteiger partial charge in [0, 0.05) is 30.0 Å². The van der Waals surface area contributed by atoms with Crippen LogP contribution in [0.1, 0.15) is 29.6 Å². The summed E-state index contributed by atoms with van der Waals surface area (Å²) < 4.78 is 0. The summed E-state index contributed by atoms with van der Waals surface area (Å²) in [6.45, 7) is 2.26. The van der Waals surface area contributed by atoms with Crippen molar-refractivity contribution in [1.29, 1.82) is 0 Å². The second kappa shape index (κ2) is 6.98. The third-order valence-electron chi connectivity index (χ3n) is 4.86. The van der Waals surface area contributed by atoms with E-state index in [2.05, 4.69) is 28.4 Å². The number of benzene rings is 3. The van der Waals surface area contributed by atoms with Gasteiger partial charge in [-0.2, -0.15) is 0 Å². The van der Waals surface area contributed by atoms with E-state index in [1.165, 1.54) is 24.9 Å². The molecule has 0 spiro atoms. The van der Waals surface area contributed by atoms with Gasteiger partial charge in [0.1, 0.15) is 0 Å². The molecule has 1 N–H and O–H groups in total. The van der Waals surface area contributed by atoms with Crippen molar-refractivity contribution in [2.24, 2.45) is 0 Å². The number of anilines is 2. The molecule has 1 saturated heterocycles. The first kappa shape index (κ1) is 15.7. The Balaban J connectivity index is 1.47. The standard InChI is InChI=1S/C22H22N2O/c25-22(19-9-8-17-6-2-3-7-18(17)16-19)23-20-10-12-21(13-11-20)24-14-4-1-5-15-24/h2-3,6-13,16H,1,4-5,14-15H2,(H,23,25). The Morgan fingerprint density at radius 3 is 2.28 bits per heavy atom. The van der Waals surface area contributed by atoms with Crippen LogP contribution in [0.3, 0.4) is 0 Å². The minimum absolute atomic E-state index is 0.0727. The number of carbonyl (C=O) groups is 1. The van der Waals surface area contributed by atoms with Crippen molar-refractivity contribution >= 4 is 28.1 Å². The highest BCUT2D eigenvalue weighted by Crippen LogP contribution is 2.22. The fourth-order valence-corrected chi connectivity index (χ4v) is 3.44. The zero-order valence-electron chi connectivity index (χ0n) is 14.2. The number of hydrogen-bond donors (Lipinski definition) is 1. The number of carbonyl (C=O) groups excluding carboxylic acids is 1. The molecule has 1 aliphatic rings. The minimum Gasteiger partial charge on any atom is -0.372 e. The lowest BCUT2D eigenvalue weighted by Crippen LogP contribution is -2.29. The van der Waals surface area contributed by atoms with Crippen LogP contribution in [0.5, 0.6) is 0 Å². The molecule has 0 aliphatic carbocycles. The second-order valence-corrected chi connectivity index (χ2v) is 6.61. The predicted octanol–water partition coefficient (Wildman–Crippen LogP) is 5.08. The van der Waals surface area contributed by atoms with Crippen LogP contribution in [0.2, 0.25) is 0 Å². The molecular formula is C22H22N2O. The van der Waals surface area contributed by atoms with E-state index in [1.54, 1.807) is 0 Å². The summed E-state index contributed by atoms with van der Waals surface area (Å²) in [7, 11) is 0. The van der Waals surface area contributed by atoms with Crippen molar-refractivity contribution in [2.75, 3.05) is 23.3 Å². The fourth-order valence-electron chi connectivity index (χ4n) is 3.44. The molecular weight excluding hydrogens is 308 g/mol. The molecule has 3 nitrogen and oxygen atoms in total. The monoisotopic (exact) mass is 330 g/mol. The lowest BCUT2D eigenvalue weighted by molar-refractivity contribution is 0.102. The molecule has 1 amide bonds. The van der Waals surface area contributed by atoms with Crippen molar-refractivity contribution in [3.05, 3.63) is 72.3 Å². The summed E-state index contributed by atoms with van der Waals surface area (Å²) in [5, 5.41) is 5.22. The van der Waals surface area contributed by atoms with Crippen LogP contribution in [0.15, 0.2) is 66.7 Å². The highest BCUT2D eigenvalue weighted by Gasteiger charge is 2.11. The van der Waals surface area contributed by atoms with Gasteiger partial charge in [0.25, 0.3) is 5.91 Å². The summed E-state index contributed by atoms with van der Waals surface area (Å²) in [5.41, 5.74) is 2.75. The van der Waals surface area contributed by atoms with Crippen molar-refractivity contribution in [1.82, 2.24) is 0 Å². The van der Waals surface area contributed by atoms with E-state index in [0.717, 1.165) is 29.5 Å². The van der Waals surface area contributed by atoms with E-state index in [4.69, 9.17) is 0 Å². The zero-order chi connectivity index (χ0) is 17.1. The molecule has 0 radical (unpaired) electrons. The molecule has 0 aromatic heterocycles. The first-order valence-electron chi connectivity index (χ1n) is 8.95. The fraction of sp³-hybridized carbons (Fsp3) is 0.227. The highest BCUT2D eigenvalue weighted by atomic mass is 16.1. The number of hydrogen-bond acceptors (Lipinski definition) is 2. The van der Waals surface area contributed by atoms with Gasteiger partial charge >= 0.3 is 0 Å². The molecule has 0 unspecified atom stereocenters. The van der Waals surface area contributed by atoms with Gasteiger partial charge in [0.05, 0.1) is 0 Å². The Hall–Kier alpha value is -2.81. The average molecular weight is 330 g/mol. The molecule has 0 saturated carbocycles. The van der Waals surface area contributed by atoms with E-state index < -0.39 is 0 Å². The van der Waals surface area contributed by atoms with E-state index >= 15 is 0 Å². The Labute approximate surface area is 148 Å². The molecule has 0 atom stereocenters. The quantitative estimate of drug-likeness (QED) is 0.726. The van der Waals surface area contributed by atoms with Crippen molar-refractivity contribution < 1.29 is 4.79 Å². The number of nitrogens with one attached hydrogen (secondary N) is 1. The molecule has 1 fully saturated rings. The predicted molar refractivity (Wildman–Crippen MR) is 104 cm³/mol. The van der Waals surface area contributed by atoms with Gasteiger partial charge in [-0.05, 0) is 66.4 Å². The number of rotatable bonds is 3. The van der Waals surface area contributed by atoms with Crippen LogP contribution < -0.4 is 10.2 Å². The summed E-state index contributed by atoms with van der Waals surface area (Å²) in [6.07, 6.45) is 3.86. The van der Waals surface area contributed by atoms with Crippen molar-refractivity contribution in [3.63, 3.8) is 0 Å². The summed E-state index contributed by atoms with van der Waals surface area (Å²) in [6, 6.07) is 22.1. The molecule has 3 aromatic rings. The Morgan fingerprint density at radius 1 is 0.800 bits per heavy atom. The van der Waals surface area contributed by atoms with Crippen molar-refractivity contribution in [2.45, 2.75) is 19.3 Å². The largest absolute Gasteiger partial charge is 0.372 e. The first-order valence-corrected chi connectivity index (χ1v) is 8.95. The Morgan fingerprint density at radius 2 is 1.52 bits per heavy atom. The lowest BCUT2D eigenvalue weighted by Gasteiger charge is -2.28. The average Bonchev–Trinajstić information content (AvgIpc) is 2.69. The third kappa shape index (κ3) is 3.50. The molecule has 3 heteroatoms.